The van der Waals surface area contributed by atoms with E-state index in [1.54, 1.807) is 17.4 Å². The van der Waals surface area contributed by atoms with Crippen LogP contribution in [0.3, 0.4) is 0 Å². The van der Waals surface area contributed by atoms with Crippen LogP contribution in [0.2, 0.25) is 0 Å². The first-order valence-electron chi connectivity index (χ1n) is 7.93. The molecule has 3 aromatic heterocycles. The molecule has 0 fully saturated rings. The van der Waals surface area contributed by atoms with Crippen molar-refractivity contribution < 1.29 is 4.42 Å². The lowest BCUT2D eigenvalue weighted by atomic mass is 10.1. The Labute approximate surface area is 156 Å². The minimum absolute atomic E-state index is 0.139. The highest BCUT2D eigenvalue weighted by Crippen LogP contribution is 2.22. The van der Waals surface area contributed by atoms with Crippen LogP contribution < -0.4 is 5.56 Å². The molecule has 7 nitrogen and oxygen atoms in total. The van der Waals surface area contributed by atoms with Crippen molar-refractivity contribution in [3.05, 3.63) is 61.9 Å². The number of nitrogens with zero attached hydrogens (tertiary/aromatic N) is 4. The van der Waals surface area contributed by atoms with Gasteiger partial charge >= 0.3 is 0 Å². The number of para-hydroxylation sites is 1. The number of benzene rings is 1. The van der Waals surface area contributed by atoms with Crippen molar-refractivity contribution in [1.29, 1.82) is 0 Å². The van der Waals surface area contributed by atoms with Crippen molar-refractivity contribution in [2.75, 3.05) is 0 Å². The standard InChI is InChI=1S/C17H15N5O2S2/c1-9-4-3-5-12-15(9)19-13(20-16(12)23)8-26-17-22-21-14(24-17)6-11-7-25-10(2)18-11/h3-5,7H,6,8H2,1-2H3,(H,19,20,23). The molecule has 26 heavy (non-hydrogen) atoms. The Morgan fingerprint density at radius 2 is 2.12 bits per heavy atom. The quantitative estimate of drug-likeness (QED) is 0.527. The number of aromatic nitrogens is 5. The van der Waals surface area contributed by atoms with Crippen molar-refractivity contribution in [3.63, 3.8) is 0 Å². The van der Waals surface area contributed by atoms with E-state index in [9.17, 15) is 4.79 Å². The maximum Gasteiger partial charge on any atom is 0.277 e. The van der Waals surface area contributed by atoms with Gasteiger partial charge in [-0.1, -0.05) is 23.9 Å². The van der Waals surface area contributed by atoms with Gasteiger partial charge in [0.2, 0.25) is 5.89 Å². The lowest BCUT2D eigenvalue weighted by molar-refractivity contribution is 0.419. The molecule has 0 bridgehead atoms. The third kappa shape index (κ3) is 3.54. The summed E-state index contributed by atoms with van der Waals surface area (Å²) in [7, 11) is 0. The first kappa shape index (κ1) is 16.9. The second-order valence-corrected chi connectivity index (χ2v) is 7.76. The van der Waals surface area contributed by atoms with E-state index in [-0.39, 0.29) is 5.56 Å². The second-order valence-electron chi connectivity index (χ2n) is 5.77. The number of aromatic amines is 1. The second kappa shape index (κ2) is 7.00. The predicted molar refractivity (Wildman–Crippen MR) is 101 cm³/mol. The third-order valence-corrected chi connectivity index (χ3v) is 5.42. The molecule has 132 valence electrons. The van der Waals surface area contributed by atoms with Crippen LogP contribution in [0, 0.1) is 13.8 Å². The third-order valence-electron chi connectivity index (χ3n) is 3.77. The van der Waals surface area contributed by atoms with Crippen LogP contribution >= 0.6 is 23.1 Å². The zero-order valence-corrected chi connectivity index (χ0v) is 15.8. The number of thiazole rings is 1. The van der Waals surface area contributed by atoms with Gasteiger partial charge in [-0.2, -0.15) is 0 Å². The van der Waals surface area contributed by atoms with E-state index in [2.05, 4.69) is 25.1 Å². The van der Waals surface area contributed by atoms with Crippen molar-refractivity contribution in [2.45, 2.75) is 31.2 Å². The molecule has 9 heteroatoms. The molecule has 3 heterocycles. The molecular formula is C17H15N5O2S2. The van der Waals surface area contributed by atoms with Crippen LogP contribution in [0.4, 0.5) is 0 Å². The van der Waals surface area contributed by atoms with E-state index in [1.807, 2.05) is 31.4 Å². The van der Waals surface area contributed by atoms with Crippen LogP contribution in [-0.4, -0.2) is 25.1 Å². The maximum absolute atomic E-state index is 12.2. The van der Waals surface area contributed by atoms with Crippen molar-refractivity contribution in [1.82, 2.24) is 25.1 Å². The zero-order valence-electron chi connectivity index (χ0n) is 14.1. The molecule has 0 spiro atoms. The average Bonchev–Trinajstić information content (AvgIpc) is 3.23. The largest absolute Gasteiger partial charge is 0.416 e. The van der Waals surface area contributed by atoms with Crippen LogP contribution in [0.1, 0.15) is 28.0 Å². The topological polar surface area (TPSA) is 97.6 Å². The molecule has 0 saturated heterocycles. The SMILES string of the molecule is Cc1nc(Cc2nnc(SCc3nc4c(C)cccc4c(=O)[nH]3)o2)cs1. The number of rotatable bonds is 5. The van der Waals surface area contributed by atoms with Crippen LogP contribution in [0.5, 0.6) is 0 Å². The van der Waals surface area contributed by atoms with E-state index in [4.69, 9.17) is 4.42 Å². The molecule has 0 amide bonds. The molecular weight excluding hydrogens is 370 g/mol. The monoisotopic (exact) mass is 385 g/mol. The summed E-state index contributed by atoms with van der Waals surface area (Å²) in [6.45, 7) is 3.90. The van der Waals surface area contributed by atoms with E-state index in [1.165, 1.54) is 11.8 Å². The molecule has 0 unspecified atom stereocenters. The fourth-order valence-corrected chi connectivity index (χ4v) is 3.83. The van der Waals surface area contributed by atoms with Gasteiger partial charge in [-0.05, 0) is 25.5 Å². The fourth-order valence-electron chi connectivity index (χ4n) is 2.56. The Morgan fingerprint density at radius 3 is 2.92 bits per heavy atom. The van der Waals surface area contributed by atoms with E-state index in [0.29, 0.717) is 34.5 Å². The molecule has 1 N–H and O–H groups in total. The Morgan fingerprint density at radius 1 is 1.23 bits per heavy atom. The summed E-state index contributed by atoms with van der Waals surface area (Å²) in [6.07, 6.45) is 0.516. The number of nitrogens with one attached hydrogen (secondary N) is 1. The molecule has 0 aliphatic heterocycles. The minimum Gasteiger partial charge on any atom is -0.416 e. The van der Waals surface area contributed by atoms with Gasteiger partial charge < -0.3 is 9.40 Å². The number of thioether (sulfide) groups is 1. The van der Waals surface area contributed by atoms with Gasteiger partial charge in [0.1, 0.15) is 5.82 Å². The average molecular weight is 385 g/mol. The summed E-state index contributed by atoms with van der Waals surface area (Å²) >= 11 is 2.94. The summed E-state index contributed by atoms with van der Waals surface area (Å²) in [5.41, 5.74) is 2.47. The maximum atomic E-state index is 12.2. The minimum atomic E-state index is -0.139. The molecule has 0 saturated carbocycles. The lowest BCUT2D eigenvalue weighted by Gasteiger charge is -2.03. The summed E-state index contributed by atoms with van der Waals surface area (Å²) < 4.78 is 5.65. The summed E-state index contributed by atoms with van der Waals surface area (Å²) in [6, 6.07) is 5.57. The first-order chi connectivity index (χ1) is 12.6. The summed E-state index contributed by atoms with van der Waals surface area (Å²) in [4.78, 5) is 24.0. The predicted octanol–water partition coefficient (Wildman–Crippen LogP) is 3.26. The van der Waals surface area contributed by atoms with Gasteiger partial charge in [-0.3, -0.25) is 4.79 Å². The van der Waals surface area contributed by atoms with Crippen LogP contribution in [0.25, 0.3) is 10.9 Å². The van der Waals surface area contributed by atoms with Crippen LogP contribution in [-0.2, 0) is 12.2 Å². The van der Waals surface area contributed by atoms with E-state index in [0.717, 1.165) is 21.8 Å². The normalized spacial score (nSPS) is 11.3. The van der Waals surface area contributed by atoms with Gasteiger partial charge in [0.05, 0.1) is 33.8 Å². The molecule has 4 rings (SSSR count). The highest BCUT2D eigenvalue weighted by molar-refractivity contribution is 7.98. The van der Waals surface area contributed by atoms with Crippen molar-refractivity contribution in [2.24, 2.45) is 0 Å². The number of hydrogen-bond donors (Lipinski definition) is 1. The van der Waals surface area contributed by atoms with Gasteiger partial charge in [-0.15, -0.1) is 21.5 Å². The van der Waals surface area contributed by atoms with Crippen LogP contribution in [0.15, 0.2) is 38.0 Å². The highest BCUT2D eigenvalue weighted by Gasteiger charge is 2.11. The summed E-state index contributed by atoms with van der Waals surface area (Å²) in [5.74, 6) is 1.54. The van der Waals surface area contributed by atoms with Crippen molar-refractivity contribution >= 4 is 34.0 Å². The summed E-state index contributed by atoms with van der Waals surface area (Å²) in [5, 5.41) is 12.1. The van der Waals surface area contributed by atoms with E-state index < -0.39 is 0 Å². The zero-order chi connectivity index (χ0) is 18.1. The molecule has 0 aliphatic carbocycles. The van der Waals surface area contributed by atoms with Gasteiger partial charge in [0.25, 0.3) is 10.8 Å². The van der Waals surface area contributed by atoms with Gasteiger partial charge in [0.15, 0.2) is 0 Å². The van der Waals surface area contributed by atoms with E-state index >= 15 is 0 Å². The molecule has 1 aromatic carbocycles. The Bertz CT molecular complexity index is 1130. The first-order valence-corrected chi connectivity index (χ1v) is 9.80. The Kier molecular flexibility index (Phi) is 4.56. The number of fused-ring (bicyclic) bond motifs is 1. The lowest BCUT2D eigenvalue weighted by Crippen LogP contribution is -2.11. The molecule has 0 aliphatic rings. The molecule has 0 atom stereocenters. The fraction of sp³-hybridized carbons (Fsp3) is 0.235. The smallest absolute Gasteiger partial charge is 0.277 e. The Hall–Kier alpha value is -2.52. The molecule has 0 radical (unpaired) electrons. The number of hydrogen-bond acceptors (Lipinski definition) is 8. The Balaban J connectivity index is 1.48. The number of aryl methyl sites for hydroxylation is 2. The number of H-pyrrole nitrogens is 1. The van der Waals surface area contributed by atoms with Gasteiger partial charge in [-0.25, -0.2) is 9.97 Å². The highest BCUT2D eigenvalue weighted by atomic mass is 32.2. The molecule has 4 aromatic rings. The van der Waals surface area contributed by atoms with Gasteiger partial charge in [0, 0.05) is 5.38 Å². The van der Waals surface area contributed by atoms with Crippen molar-refractivity contribution in [3.8, 4) is 0 Å².